The highest BCUT2D eigenvalue weighted by Gasteiger charge is 2.30. The van der Waals surface area contributed by atoms with Crippen LogP contribution in [0.15, 0.2) is 18.2 Å². The number of methoxy groups -OCH3 is 1. The molecule has 0 bridgehead atoms. The van der Waals surface area contributed by atoms with Gasteiger partial charge in [0, 0.05) is 0 Å². The molecule has 1 amide bonds. The normalized spacial score (nSPS) is 19.9. The van der Waals surface area contributed by atoms with Gasteiger partial charge in [0.15, 0.2) is 0 Å². The van der Waals surface area contributed by atoms with Gasteiger partial charge in [0.2, 0.25) is 0 Å². The van der Waals surface area contributed by atoms with Gasteiger partial charge in [-0.25, -0.2) is 9.18 Å². The standard InChI is InChI=1S/C20H26FNO5/c1-20(2,3)27-18(24)13-7-5-12(6-8-13)14-9-10-16(15(21)11-14)22-17(23)19(25)26-4/h9-13H,5-8H2,1-4H3,(H,22,23)/t12-,13+. The van der Waals surface area contributed by atoms with Crippen LogP contribution in [0.1, 0.15) is 57.9 Å². The van der Waals surface area contributed by atoms with Gasteiger partial charge in [-0.05, 0) is 70.1 Å². The Kier molecular flexibility index (Phi) is 6.57. The van der Waals surface area contributed by atoms with Crippen molar-refractivity contribution < 1.29 is 28.2 Å². The largest absolute Gasteiger partial charge is 0.462 e. The Bertz CT molecular complexity index is 718. The number of carbonyl (C=O) groups is 3. The molecule has 1 aliphatic carbocycles. The number of halogens is 1. The Hall–Kier alpha value is -2.44. The summed E-state index contributed by atoms with van der Waals surface area (Å²) < 4.78 is 24.0. The molecule has 0 spiro atoms. The predicted molar refractivity (Wildman–Crippen MR) is 97.6 cm³/mol. The van der Waals surface area contributed by atoms with Crippen LogP contribution in [0.4, 0.5) is 10.1 Å². The Morgan fingerprint density at radius 3 is 2.26 bits per heavy atom. The molecule has 0 atom stereocenters. The van der Waals surface area contributed by atoms with E-state index in [1.54, 1.807) is 6.07 Å². The van der Waals surface area contributed by atoms with E-state index in [-0.39, 0.29) is 23.5 Å². The minimum absolute atomic E-state index is 0.0726. The zero-order valence-electron chi connectivity index (χ0n) is 16.1. The molecule has 7 heteroatoms. The molecule has 0 saturated heterocycles. The molecule has 0 unspecified atom stereocenters. The quantitative estimate of drug-likeness (QED) is 0.642. The molecule has 0 aromatic heterocycles. The molecule has 1 aliphatic rings. The Labute approximate surface area is 158 Å². The first-order valence-electron chi connectivity index (χ1n) is 9.02. The molecular formula is C20H26FNO5. The SMILES string of the molecule is COC(=O)C(=O)Nc1ccc([C@H]2CC[C@@H](C(=O)OC(C)(C)C)CC2)cc1F. The third-order valence-electron chi connectivity index (χ3n) is 4.55. The van der Waals surface area contributed by atoms with Crippen molar-refractivity contribution in [2.24, 2.45) is 5.92 Å². The van der Waals surface area contributed by atoms with Gasteiger partial charge in [0.05, 0.1) is 18.7 Å². The van der Waals surface area contributed by atoms with E-state index in [4.69, 9.17) is 4.74 Å². The van der Waals surface area contributed by atoms with E-state index in [1.165, 1.54) is 12.1 Å². The Balaban J connectivity index is 1.96. The van der Waals surface area contributed by atoms with Crippen molar-refractivity contribution in [2.75, 3.05) is 12.4 Å². The van der Waals surface area contributed by atoms with Gasteiger partial charge in [0.25, 0.3) is 0 Å². The summed E-state index contributed by atoms with van der Waals surface area (Å²) in [5, 5.41) is 2.19. The lowest BCUT2D eigenvalue weighted by molar-refractivity contribution is -0.161. The minimum atomic E-state index is -1.08. The topological polar surface area (TPSA) is 81.7 Å². The first-order valence-corrected chi connectivity index (χ1v) is 9.02. The molecule has 0 heterocycles. The van der Waals surface area contributed by atoms with Crippen LogP contribution in [0.2, 0.25) is 0 Å². The Morgan fingerprint density at radius 1 is 1.11 bits per heavy atom. The highest BCUT2D eigenvalue weighted by Crippen LogP contribution is 2.37. The van der Waals surface area contributed by atoms with Gasteiger partial charge in [-0.2, -0.15) is 0 Å². The van der Waals surface area contributed by atoms with Gasteiger partial charge in [-0.15, -0.1) is 0 Å². The number of ether oxygens (including phenoxy) is 2. The van der Waals surface area contributed by atoms with Crippen LogP contribution < -0.4 is 5.32 Å². The van der Waals surface area contributed by atoms with Crippen molar-refractivity contribution >= 4 is 23.5 Å². The number of carbonyl (C=O) groups excluding carboxylic acids is 3. The minimum Gasteiger partial charge on any atom is -0.462 e. The van der Waals surface area contributed by atoms with Crippen LogP contribution in [0.3, 0.4) is 0 Å². The van der Waals surface area contributed by atoms with Crippen LogP contribution in [-0.4, -0.2) is 30.6 Å². The van der Waals surface area contributed by atoms with Crippen molar-refractivity contribution in [1.29, 1.82) is 0 Å². The van der Waals surface area contributed by atoms with Gasteiger partial charge < -0.3 is 14.8 Å². The highest BCUT2D eigenvalue weighted by molar-refractivity contribution is 6.37. The second-order valence-electron chi connectivity index (χ2n) is 7.77. The summed E-state index contributed by atoms with van der Waals surface area (Å²) in [6, 6.07) is 4.53. The Morgan fingerprint density at radius 2 is 1.74 bits per heavy atom. The maximum absolute atomic E-state index is 14.3. The molecule has 1 aromatic carbocycles. The fraction of sp³-hybridized carbons (Fsp3) is 0.550. The van der Waals surface area contributed by atoms with E-state index < -0.39 is 23.3 Å². The molecule has 27 heavy (non-hydrogen) atoms. The molecule has 6 nitrogen and oxygen atoms in total. The summed E-state index contributed by atoms with van der Waals surface area (Å²) in [7, 11) is 1.08. The van der Waals surface area contributed by atoms with Crippen molar-refractivity contribution in [3.8, 4) is 0 Å². The van der Waals surface area contributed by atoms with Crippen LogP contribution in [0.25, 0.3) is 0 Å². The van der Waals surface area contributed by atoms with Crippen molar-refractivity contribution in [3.63, 3.8) is 0 Å². The zero-order chi connectivity index (χ0) is 20.2. The van der Waals surface area contributed by atoms with E-state index in [2.05, 4.69) is 10.1 Å². The van der Waals surface area contributed by atoms with Gasteiger partial charge in [0.1, 0.15) is 11.4 Å². The number of hydrogen-bond acceptors (Lipinski definition) is 5. The molecule has 0 aliphatic heterocycles. The first kappa shape index (κ1) is 20.9. The van der Waals surface area contributed by atoms with Crippen molar-refractivity contribution in [2.45, 2.75) is 58.0 Å². The maximum atomic E-state index is 14.3. The molecule has 1 aromatic rings. The number of rotatable bonds is 3. The number of amides is 1. The number of anilines is 1. The van der Waals surface area contributed by atoms with Gasteiger partial charge in [-0.3, -0.25) is 9.59 Å². The van der Waals surface area contributed by atoms with E-state index >= 15 is 0 Å². The van der Waals surface area contributed by atoms with Crippen molar-refractivity contribution in [1.82, 2.24) is 0 Å². The average molecular weight is 379 g/mol. The number of esters is 2. The summed E-state index contributed by atoms with van der Waals surface area (Å²) in [4.78, 5) is 34.8. The lowest BCUT2D eigenvalue weighted by atomic mass is 9.78. The fourth-order valence-electron chi connectivity index (χ4n) is 3.20. The third-order valence-corrected chi connectivity index (χ3v) is 4.55. The van der Waals surface area contributed by atoms with Crippen molar-refractivity contribution in [3.05, 3.63) is 29.6 Å². The second kappa shape index (κ2) is 8.50. The summed E-state index contributed by atoms with van der Waals surface area (Å²) in [5.74, 6) is -2.87. The molecule has 0 radical (unpaired) electrons. The number of benzene rings is 1. The summed E-state index contributed by atoms with van der Waals surface area (Å²) in [5.41, 5.74) is 0.240. The molecule has 148 valence electrons. The van der Waals surface area contributed by atoms with E-state index in [0.717, 1.165) is 25.5 Å². The van der Waals surface area contributed by atoms with Crippen LogP contribution in [-0.2, 0) is 23.9 Å². The first-order chi connectivity index (χ1) is 12.6. The molecule has 1 fully saturated rings. The second-order valence-corrected chi connectivity index (χ2v) is 7.77. The highest BCUT2D eigenvalue weighted by atomic mass is 19.1. The molecular weight excluding hydrogens is 353 g/mol. The maximum Gasteiger partial charge on any atom is 0.396 e. The summed E-state index contributed by atoms with van der Waals surface area (Å²) in [6.45, 7) is 5.54. The monoisotopic (exact) mass is 379 g/mol. The predicted octanol–water partition coefficient (Wildman–Crippen LogP) is 3.55. The van der Waals surface area contributed by atoms with Crippen LogP contribution >= 0.6 is 0 Å². The summed E-state index contributed by atoms with van der Waals surface area (Å²) >= 11 is 0. The number of hydrogen-bond donors (Lipinski definition) is 1. The zero-order valence-corrected chi connectivity index (χ0v) is 16.1. The smallest absolute Gasteiger partial charge is 0.396 e. The van der Waals surface area contributed by atoms with Crippen LogP contribution in [0, 0.1) is 11.7 Å². The molecule has 2 rings (SSSR count). The fourth-order valence-corrected chi connectivity index (χ4v) is 3.20. The van der Waals surface area contributed by atoms with Gasteiger partial charge in [-0.1, -0.05) is 6.07 Å². The average Bonchev–Trinajstić information content (AvgIpc) is 2.61. The van der Waals surface area contributed by atoms with E-state index in [9.17, 15) is 18.8 Å². The van der Waals surface area contributed by atoms with Crippen LogP contribution in [0.5, 0.6) is 0 Å². The summed E-state index contributed by atoms with van der Waals surface area (Å²) in [6.07, 6.45) is 2.92. The van der Waals surface area contributed by atoms with E-state index in [0.29, 0.717) is 12.8 Å². The molecule has 1 saturated carbocycles. The lowest BCUT2D eigenvalue weighted by Crippen LogP contribution is -2.30. The lowest BCUT2D eigenvalue weighted by Gasteiger charge is -2.30. The van der Waals surface area contributed by atoms with E-state index in [1.807, 2.05) is 20.8 Å². The molecule has 1 N–H and O–H groups in total. The number of nitrogens with one attached hydrogen (secondary N) is 1. The van der Waals surface area contributed by atoms with Gasteiger partial charge >= 0.3 is 17.8 Å². The third kappa shape index (κ3) is 5.77.